The lowest BCUT2D eigenvalue weighted by Gasteiger charge is -2.21. The third kappa shape index (κ3) is 0.955. The first kappa shape index (κ1) is 6.00. The first-order valence-electron chi connectivity index (χ1n) is 4.09. The van der Waals surface area contributed by atoms with Gasteiger partial charge in [0.2, 0.25) is 0 Å². The van der Waals surface area contributed by atoms with Crippen LogP contribution in [0.5, 0.6) is 0 Å². The zero-order valence-electron chi connectivity index (χ0n) is 6.14. The third-order valence-corrected chi connectivity index (χ3v) is 2.37. The van der Waals surface area contributed by atoms with Crippen molar-refractivity contribution in [3.8, 4) is 0 Å². The van der Waals surface area contributed by atoms with E-state index in [2.05, 4.69) is 17.9 Å². The summed E-state index contributed by atoms with van der Waals surface area (Å²) in [6, 6.07) is 0. The first-order chi connectivity index (χ1) is 4.97. The van der Waals surface area contributed by atoms with Gasteiger partial charge in [0.15, 0.2) is 0 Å². The Morgan fingerprint density at radius 3 is 3.30 bits per heavy atom. The van der Waals surface area contributed by atoms with E-state index >= 15 is 0 Å². The Morgan fingerprint density at radius 1 is 1.40 bits per heavy atom. The van der Waals surface area contributed by atoms with Crippen LogP contribution in [0.3, 0.4) is 0 Å². The lowest BCUT2D eigenvalue weighted by Crippen LogP contribution is -2.07. The minimum atomic E-state index is 0.749. The van der Waals surface area contributed by atoms with Crippen LogP contribution in [0, 0.1) is 5.92 Å². The molecule has 2 aliphatic rings. The fraction of sp³-hybridized carbons (Fsp3) is 0.500. The monoisotopic (exact) mass is 132 g/mol. The molecule has 0 N–H and O–H groups in total. The SMILES string of the molecule is C1=CC=CC2CCCCC=12. The normalized spacial score (nSPS) is 29.6. The maximum absolute atomic E-state index is 3.33. The van der Waals surface area contributed by atoms with Crippen LogP contribution in [-0.2, 0) is 0 Å². The predicted molar refractivity (Wildman–Crippen MR) is 42.7 cm³/mol. The second-order valence-electron chi connectivity index (χ2n) is 3.07. The van der Waals surface area contributed by atoms with Gasteiger partial charge in [0.05, 0.1) is 0 Å². The Kier molecular flexibility index (Phi) is 1.49. The molecule has 0 aromatic rings. The first-order valence-corrected chi connectivity index (χ1v) is 4.09. The predicted octanol–water partition coefficient (Wildman–Crippen LogP) is 2.83. The zero-order chi connectivity index (χ0) is 6.81. The zero-order valence-corrected chi connectivity index (χ0v) is 6.14. The standard InChI is InChI=1S/C10H12/c1-2-6-10-8-4-3-7-9(10)5-1/h1-2,5,9H,3-4,7-8H2. The van der Waals surface area contributed by atoms with Gasteiger partial charge in [-0.2, -0.15) is 0 Å². The van der Waals surface area contributed by atoms with Gasteiger partial charge in [0.25, 0.3) is 0 Å². The molecule has 10 heavy (non-hydrogen) atoms. The van der Waals surface area contributed by atoms with E-state index in [9.17, 15) is 0 Å². The molecule has 0 nitrogen and oxygen atoms in total. The average Bonchev–Trinajstić information content (AvgIpc) is 2.05. The van der Waals surface area contributed by atoms with Gasteiger partial charge in [-0.1, -0.05) is 18.6 Å². The Balaban J connectivity index is 2.27. The van der Waals surface area contributed by atoms with Gasteiger partial charge in [-0.3, -0.25) is 0 Å². The Hall–Kier alpha value is -0.740. The van der Waals surface area contributed by atoms with Crippen molar-refractivity contribution in [3.05, 3.63) is 29.5 Å². The van der Waals surface area contributed by atoms with Gasteiger partial charge >= 0.3 is 0 Å². The van der Waals surface area contributed by atoms with Crippen molar-refractivity contribution < 1.29 is 0 Å². The molecule has 2 rings (SSSR count). The molecule has 0 aliphatic heterocycles. The van der Waals surface area contributed by atoms with E-state index in [0.717, 1.165) is 5.92 Å². The highest BCUT2D eigenvalue weighted by Crippen LogP contribution is 2.30. The summed E-state index contributed by atoms with van der Waals surface area (Å²) in [6.07, 6.45) is 11.9. The van der Waals surface area contributed by atoms with Crippen molar-refractivity contribution in [2.24, 2.45) is 5.92 Å². The van der Waals surface area contributed by atoms with Gasteiger partial charge in [-0.05, 0) is 30.9 Å². The molecule has 1 atom stereocenters. The van der Waals surface area contributed by atoms with Crippen molar-refractivity contribution in [2.45, 2.75) is 25.7 Å². The minimum Gasteiger partial charge on any atom is -0.121 e. The summed E-state index contributed by atoms with van der Waals surface area (Å²) in [5.74, 6) is 0.749. The molecule has 0 heterocycles. The summed E-state index contributed by atoms with van der Waals surface area (Å²) in [4.78, 5) is 0. The van der Waals surface area contributed by atoms with E-state index in [-0.39, 0.29) is 0 Å². The van der Waals surface area contributed by atoms with Crippen LogP contribution >= 0.6 is 0 Å². The maximum Gasteiger partial charge on any atom is 0.00561 e. The van der Waals surface area contributed by atoms with Crippen LogP contribution in [0.4, 0.5) is 0 Å². The number of fused-ring (bicyclic) bond motifs is 1. The smallest absolute Gasteiger partial charge is 0.00561 e. The number of rotatable bonds is 0. The lowest BCUT2D eigenvalue weighted by atomic mass is 9.83. The largest absolute Gasteiger partial charge is 0.121 e. The second kappa shape index (κ2) is 2.48. The van der Waals surface area contributed by atoms with Crippen LogP contribution in [0.2, 0.25) is 0 Å². The Bertz CT molecular complexity index is 214. The number of allylic oxidation sites excluding steroid dienone is 3. The van der Waals surface area contributed by atoms with Gasteiger partial charge in [0, 0.05) is 5.92 Å². The molecule has 0 saturated heterocycles. The molecule has 0 spiro atoms. The average molecular weight is 132 g/mol. The summed E-state index contributed by atoms with van der Waals surface area (Å²) in [7, 11) is 0. The summed E-state index contributed by atoms with van der Waals surface area (Å²) < 4.78 is 0. The highest BCUT2D eigenvalue weighted by molar-refractivity contribution is 5.23. The van der Waals surface area contributed by atoms with Crippen LogP contribution < -0.4 is 0 Å². The molecular weight excluding hydrogens is 120 g/mol. The van der Waals surface area contributed by atoms with E-state index in [4.69, 9.17) is 0 Å². The van der Waals surface area contributed by atoms with E-state index in [1.54, 1.807) is 0 Å². The molecule has 2 aliphatic carbocycles. The van der Waals surface area contributed by atoms with Crippen molar-refractivity contribution >= 4 is 0 Å². The molecule has 1 saturated carbocycles. The summed E-state index contributed by atoms with van der Waals surface area (Å²) >= 11 is 0. The van der Waals surface area contributed by atoms with Gasteiger partial charge in [-0.15, -0.1) is 5.73 Å². The fourth-order valence-corrected chi connectivity index (χ4v) is 1.78. The van der Waals surface area contributed by atoms with Crippen molar-refractivity contribution in [1.82, 2.24) is 0 Å². The van der Waals surface area contributed by atoms with Crippen LogP contribution in [-0.4, -0.2) is 0 Å². The second-order valence-corrected chi connectivity index (χ2v) is 3.07. The Labute approximate surface area is 61.9 Å². The summed E-state index contributed by atoms with van der Waals surface area (Å²) in [6.45, 7) is 0. The van der Waals surface area contributed by atoms with E-state index in [0.29, 0.717) is 0 Å². The quantitative estimate of drug-likeness (QED) is 0.444. The molecule has 0 bridgehead atoms. The van der Waals surface area contributed by atoms with Crippen molar-refractivity contribution in [2.75, 3.05) is 0 Å². The number of hydrogen-bond acceptors (Lipinski definition) is 0. The highest BCUT2D eigenvalue weighted by atomic mass is 14.2. The van der Waals surface area contributed by atoms with Gasteiger partial charge in [0.1, 0.15) is 0 Å². The van der Waals surface area contributed by atoms with Crippen molar-refractivity contribution in [3.63, 3.8) is 0 Å². The molecule has 1 unspecified atom stereocenters. The molecular formula is C10H12. The highest BCUT2D eigenvalue weighted by Gasteiger charge is 2.16. The van der Waals surface area contributed by atoms with E-state index < -0.39 is 0 Å². The third-order valence-electron chi connectivity index (χ3n) is 2.37. The topological polar surface area (TPSA) is 0 Å². The fourth-order valence-electron chi connectivity index (χ4n) is 1.78. The van der Waals surface area contributed by atoms with E-state index in [1.165, 1.54) is 31.3 Å². The Morgan fingerprint density at radius 2 is 2.40 bits per heavy atom. The molecule has 0 amide bonds. The van der Waals surface area contributed by atoms with Gasteiger partial charge in [-0.25, -0.2) is 0 Å². The minimum absolute atomic E-state index is 0.749. The van der Waals surface area contributed by atoms with Crippen molar-refractivity contribution in [1.29, 1.82) is 0 Å². The molecule has 0 radical (unpaired) electrons. The summed E-state index contributed by atoms with van der Waals surface area (Å²) in [5, 5.41) is 0. The molecule has 52 valence electrons. The lowest BCUT2D eigenvalue weighted by molar-refractivity contribution is 0.518. The molecule has 0 aromatic carbocycles. The molecule has 0 aromatic heterocycles. The molecule has 0 heteroatoms. The summed E-state index contributed by atoms with van der Waals surface area (Å²) in [5.41, 5.74) is 4.86. The van der Waals surface area contributed by atoms with Crippen LogP contribution in [0.25, 0.3) is 0 Å². The molecule has 1 fully saturated rings. The van der Waals surface area contributed by atoms with Crippen LogP contribution in [0.1, 0.15) is 25.7 Å². The van der Waals surface area contributed by atoms with E-state index in [1.807, 2.05) is 6.08 Å². The van der Waals surface area contributed by atoms with Gasteiger partial charge < -0.3 is 0 Å². The van der Waals surface area contributed by atoms with Crippen LogP contribution in [0.15, 0.2) is 29.5 Å². The maximum atomic E-state index is 3.33. The number of hydrogen-bond donors (Lipinski definition) is 0.